The zero-order valence-corrected chi connectivity index (χ0v) is 24.0. The molecule has 3 aromatic carbocycles. The van der Waals surface area contributed by atoms with E-state index >= 15 is 0 Å². The number of anilines is 1. The van der Waals surface area contributed by atoms with E-state index in [9.17, 15) is 14.4 Å². The minimum atomic E-state index is -0.377. The lowest BCUT2D eigenvalue weighted by Crippen LogP contribution is -2.26. The maximum absolute atomic E-state index is 13.4. The number of methoxy groups -OCH3 is 3. The van der Waals surface area contributed by atoms with Crippen molar-refractivity contribution >= 4 is 17.5 Å². The van der Waals surface area contributed by atoms with E-state index in [2.05, 4.69) is 16.0 Å². The average molecular weight is 560 g/mol. The van der Waals surface area contributed by atoms with Gasteiger partial charge in [-0.1, -0.05) is 36.4 Å². The molecule has 0 radical (unpaired) electrons. The molecule has 3 aromatic rings. The number of fused-ring (bicyclic) bond motifs is 3. The second kappa shape index (κ2) is 13.7. The highest BCUT2D eigenvalue weighted by Gasteiger charge is 2.29. The molecular formula is C32H37N3O6. The fourth-order valence-electron chi connectivity index (χ4n) is 5.21. The lowest BCUT2D eigenvalue weighted by molar-refractivity contribution is -0.121. The molecule has 9 heteroatoms. The highest BCUT2D eigenvalue weighted by Crippen LogP contribution is 2.50. The first-order valence-corrected chi connectivity index (χ1v) is 13.7. The number of carbonyl (C=O) groups excluding carboxylic acids is 2. The van der Waals surface area contributed by atoms with Crippen molar-refractivity contribution in [1.82, 2.24) is 10.6 Å². The highest BCUT2D eigenvalue weighted by atomic mass is 16.5. The van der Waals surface area contributed by atoms with Crippen LogP contribution in [0.3, 0.4) is 0 Å². The Morgan fingerprint density at radius 1 is 0.951 bits per heavy atom. The maximum Gasteiger partial charge on any atom is 0.220 e. The van der Waals surface area contributed by atoms with E-state index in [0.29, 0.717) is 67.3 Å². The van der Waals surface area contributed by atoms with Crippen LogP contribution in [0.2, 0.25) is 0 Å². The van der Waals surface area contributed by atoms with Crippen LogP contribution in [0.5, 0.6) is 17.2 Å². The normalized spacial score (nSPS) is 13.6. The molecule has 1 aliphatic rings. The van der Waals surface area contributed by atoms with Gasteiger partial charge in [-0.15, -0.1) is 0 Å². The van der Waals surface area contributed by atoms with Crippen LogP contribution < -0.4 is 35.6 Å². The lowest BCUT2D eigenvalue weighted by atomic mass is 9.95. The van der Waals surface area contributed by atoms with Crippen molar-refractivity contribution in [2.75, 3.05) is 33.2 Å². The van der Waals surface area contributed by atoms with Crippen LogP contribution in [0.4, 0.5) is 5.69 Å². The molecular weight excluding hydrogens is 522 g/mol. The Kier molecular flexibility index (Phi) is 9.84. The van der Waals surface area contributed by atoms with Crippen LogP contribution in [-0.4, -0.2) is 39.7 Å². The number of hydrogen-bond donors (Lipinski definition) is 3. The van der Waals surface area contributed by atoms with Crippen molar-refractivity contribution in [3.63, 3.8) is 0 Å². The van der Waals surface area contributed by atoms with Crippen molar-refractivity contribution < 1.29 is 23.8 Å². The van der Waals surface area contributed by atoms with E-state index in [0.717, 1.165) is 22.3 Å². The third-order valence-corrected chi connectivity index (χ3v) is 7.14. The summed E-state index contributed by atoms with van der Waals surface area (Å²) >= 11 is 0. The van der Waals surface area contributed by atoms with Gasteiger partial charge < -0.3 is 30.2 Å². The zero-order valence-electron chi connectivity index (χ0n) is 24.0. The van der Waals surface area contributed by atoms with Gasteiger partial charge >= 0.3 is 0 Å². The second-order valence-corrected chi connectivity index (χ2v) is 9.89. The molecule has 41 heavy (non-hydrogen) atoms. The second-order valence-electron chi connectivity index (χ2n) is 9.89. The molecule has 9 nitrogen and oxygen atoms in total. The van der Waals surface area contributed by atoms with Crippen molar-refractivity contribution in [1.29, 1.82) is 0 Å². The predicted octanol–water partition coefficient (Wildman–Crippen LogP) is 4.37. The Labute approximate surface area is 240 Å². The van der Waals surface area contributed by atoms with Gasteiger partial charge in [-0.25, -0.2) is 0 Å². The van der Waals surface area contributed by atoms with Gasteiger partial charge in [0, 0.05) is 32.0 Å². The van der Waals surface area contributed by atoms with Gasteiger partial charge in [-0.2, -0.15) is 0 Å². The van der Waals surface area contributed by atoms with E-state index in [1.165, 1.54) is 6.92 Å². The highest BCUT2D eigenvalue weighted by molar-refractivity contribution is 5.83. The third kappa shape index (κ3) is 6.98. The smallest absolute Gasteiger partial charge is 0.220 e. The number of aryl methyl sites for hydroxylation is 1. The van der Waals surface area contributed by atoms with Crippen LogP contribution in [0.25, 0.3) is 11.1 Å². The molecule has 216 valence electrons. The van der Waals surface area contributed by atoms with Gasteiger partial charge in [-0.3, -0.25) is 14.4 Å². The van der Waals surface area contributed by atoms with Gasteiger partial charge in [0.25, 0.3) is 0 Å². The molecule has 0 saturated carbocycles. The number of benzene rings is 2. The fourth-order valence-corrected chi connectivity index (χ4v) is 5.21. The van der Waals surface area contributed by atoms with Crippen LogP contribution >= 0.6 is 0 Å². The Morgan fingerprint density at radius 2 is 1.71 bits per heavy atom. The van der Waals surface area contributed by atoms with Gasteiger partial charge in [0.15, 0.2) is 11.5 Å². The summed E-state index contributed by atoms with van der Waals surface area (Å²) in [5.74, 6) is 1.27. The van der Waals surface area contributed by atoms with Gasteiger partial charge in [0.2, 0.25) is 23.0 Å². The molecule has 1 unspecified atom stereocenters. The van der Waals surface area contributed by atoms with Gasteiger partial charge in [0.05, 0.1) is 33.1 Å². The number of carbonyl (C=O) groups is 2. The van der Waals surface area contributed by atoms with E-state index in [1.807, 2.05) is 42.5 Å². The minimum absolute atomic E-state index is 0.0467. The average Bonchev–Trinajstić information content (AvgIpc) is 3.22. The molecule has 0 saturated heterocycles. The first-order valence-electron chi connectivity index (χ1n) is 13.7. The van der Waals surface area contributed by atoms with Crippen LogP contribution in [0, 0.1) is 0 Å². The van der Waals surface area contributed by atoms with Crippen molar-refractivity contribution in [2.24, 2.45) is 0 Å². The molecule has 2 amide bonds. The quantitative estimate of drug-likeness (QED) is 0.299. The topological polar surface area (TPSA) is 115 Å². The molecule has 0 heterocycles. The Bertz CT molecular complexity index is 1460. The zero-order chi connectivity index (χ0) is 29.4. The molecule has 3 N–H and O–H groups in total. The number of nitrogens with one attached hydrogen (secondary N) is 3. The monoisotopic (exact) mass is 559 g/mol. The summed E-state index contributed by atoms with van der Waals surface area (Å²) in [6.45, 7) is 2.39. The van der Waals surface area contributed by atoms with Crippen molar-refractivity contribution in [3.05, 3.63) is 81.5 Å². The largest absolute Gasteiger partial charge is 0.493 e. The lowest BCUT2D eigenvalue weighted by Gasteiger charge is -2.19. The van der Waals surface area contributed by atoms with E-state index < -0.39 is 0 Å². The standard InChI is InChI=1S/C32H37N3O6/c1-20(36)35-25-14-12-22-17-28(39-2)31(40-3)32(41-4)30(22)23-13-15-26(27(37)18-24(23)25)33-16-8-11-29(38)34-19-21-9-6-5-7-10-21/h5-7,9-10,13,15,17-18,25H,8,11-12,14,16,19H2,1-4H3,(H,33,37)(H,34,38)(H,35,36). The fraction of sp³-hybridized carbons (Fsp3) is 0.344. The minimum Gasteiger partial charge on any atom is -0.493 e. The number of amides is 2. The summed E-state index contributed by atoms with van der Waals surface area (Å²) in [4.78, 5) is 37.8. The molecule has 0 aliphatic heterocycles. The Balaban J connectivity index is 1.60. The molecule has 0 fully saturated rings. The third-order valence-electron chi connectivity index (χ3n) is 7.14. The molecule has 1 aliphatic carbocycles. The van der Waals surface area contributed by atoms with E-state index in [1.54, 1.807) is 33.5 Å². The van der Waals surface area contributed by atoms with E-state index in [-0.39, 0.29) is 23.3 Å². The van der Waals surface area contributed by atoms with Gasteiger partial charge in [0.1, 0.15) is 0 Å². The molecule has 0 spiro atoms. The first kappa shape index (κ1) is 29.5. The summed E-state index contributed by atoms with van der Waals surface area (Å²) in [5.41, 5.74) is 4.46. The molecule has 0 bridgehead atoms. The van der Waals surface area contributed by atoms with Gasteiger partial charge in [-0.05, 0) is 59.7 Å². The Hall–Kier alpha value is -4.53. The first-order chi connectivity index (χ1) is 19.9. The molecule has 0 aromatic heterocycles. The SMILES string of the molecule is COc1cc2c(c(OC)c1OC)-c1ccc(NCCCC(=O)NCc3ccccc3)c(=O)cc1C(NC(C)=O)CC2. The Morgan fingerprint density at radius 3 is 2.39 bits per heavy atom. The van der Waals surface area contributed by atoms with Crippen LogP contribution in [0.1, 0.15) is 48.9 Å². The summed E-state index contributed by atoms with van der Waals surface area (Å²) in [6, 6.07) is 16.5. The number of hydrogen-bond acceptors (Lipinski definition) is 7. The summed E-state index contributed by atoms with van der Waals surface area (Å²) in [6.07, 6.45) is 2.10. The van der Waals surface area contributed by atoms with Crippen molar-refractivity contribution in [2.45, 2.75) is 45.2 Å². The van der Waals surface area contributed by atoms with E-state index in [4.69, 9.17) is 14.2 Å². The van der Waals surface area contributed by atoms with Crippen LogP contribution in [0.15, 0.2) is 59.4 Å². The van der Waals surface area contributed by atoms with Crippen LogP contribution in [-0.2, 0) is 22.6 Å². The number of ether oxygens (including phenoxy) is 3. The predicted molar refractivity (Wildman–Crippen MR) is 159 cm³/mol. The summed E-state index contributed by atoms with van der Waals surface area (Å²) < 4.78 is 17.0. The molecule has 1 atom stereocenters. The van der Waals surface area contributed by atoms with Crippen molar-refractivity contribution in [3.8, 4) is 28.4 Å². The number of rotatable bonds is 11. The summed E-state index contributed by atoms with van der Waals surface area (Å²) in [5, 5.41) is 9.13. The maximum atomic E-state index is 13.4. The summed E-state index contributed by atoms with van der Waals surface area (Å²) in [7, 11) is 4.69. The molecule has 4 rings (SSSR count).